The minimum absolute atomic E-state index is 0.826. The summed E-state index contributed by atoms with van der Waals surface area (Å²) < 4.78 is 1.83. The van der Waals surface area contributed by atoms with E-state index in [0.29, 0.717) is 0 Å². The van der Waals surface area contributed by atoms with E-state index in [1.165, 1.54) is 22.4 Å². The molecule has 15 heavy (non-hydrogen) atoms. The molecular formula is C12H17ClN2. The van der Waals surface area contributed by atoms with Gasteiger partial charge in [-0.3, -0.25) is 0 Å². The molecule has 0 bridgehead atoms. The maximum Gasteiger partial charge on any atom is 0.0850 e. The lowest BCUT2D eigenvalue weighted by molar-refractivity contribution is 0.570. The van der Waals surface area contributed by atoms with Gasteiger partial charge in [0.05, 0.1) is 6.67 Å². The van der Waals surface area contributed by atoms with Crippen LogP contribution in [-0.2, 0) is 0 Å². The van der Waals surface area contributed by atoms with Crippen LogP contribution >= 0.6 is 11.8 Å². The van der Waals surface area contributed by atoms with Crippen molar-refractivity contribution in [1.82, 2.24) is 4.42 Å². The normalized spacial score (nSPS) is 17.5. The zero-order valence-electron chi connectivity index (χ0n) is 9.55. The number of rotatable bonds is 1. The topological polar surface area (TPSA) is 6.48 Å². The Balaban J connectivity index is 2.35. The molecule has 1 aromatic rings. The molecule has 82 valence electrons. The molecule has 0 aliphatic carbocycles. The molecule has 0 atom stereocenters. The first kappa shape index (κ1) is 10.8. The second kappa shape index (κ2) is 4.03. The monoisotopic (exact) mass is 224 g/mol. The number of hydrogen-bond donors (Lipinski definition) is 0. The third-order valence-corrected chi connectivity index (χ3v) is 3.16. The average Bonchev–Trinajstić information content (AvgIpc) is 2.49. The van der Waals surface area contributed by atoms with Crippen LogP contribution in [0.4, 0.5) is 5.69 Å². The quantitative estimate of drug-likeness (QED) is 0.677. The first-order chi connectivity index (χ1) is 7.08. The van der Waals surface area contributed by atoms with Crippen LogP contribution in [-0.4, -0.2) is 24.2 Å². The van der Waals surface area contributed by atoms with Gasteiger partial charge >= 0.3 is 0 Å². The van der Waals surface area contributed by atoms with Gasteiger partial charge in [-0.15, -0.1) is 0 Å². The van der Waals surface area contributed by atoms with Gasteiger partial charge in [0, 0.05) is 18.8 Å². The Bertz CT molecular complexity index is 353. The van der Waals surface area contributed by atoms with Crippen molar-refractivity contribution in [2.45, 2.75) is 20.8 Å². The van der Waals surface area contributed by atoms with E-state index in [1.807, 2.05) is 4.42 Å². The van der Waals surface area contributed by atoms with Crippen LogP contribution in [0.5, 0.6) is 0 Å². The standard InChI is InChI=1S/C12H17ClN2/c1-9-6-10(2)12(11(3)7-9)14-4-5-15(13)8-14/h6-7H,4-5,8H2,1-3H3. The molecule has 0 radical (unpaired) electrons. The van der Waals surface area contributed by atoms with Crippen molar-refractivity contribution < 1.29 is 0 Å². The maximum atomic E-state index is 5.98. The van der Waals surface area contributed by atoms with E-state index in [2.05, 4.69) is 37.8 Å². The second-order valence-corrected chi connectivity index (χ2v) is 4.82. The summed E-state index contributed by atoms with van der Waals surface area (Å²) in [6, 6.07) is 4.47. The maximum absolute atomic E-state index is 5.98. The molecule has 0 amide bonds. The highest BCUT2D eigenvalue weighted by Crippen LogP contribution is 2.28. The Kier molecular flexibility index (Phi) is 2.89. The van der Waals surface area contributed by atoms with Crippen LogP contribution in [0.1, 0.15) is 16.7 Å². The summed E-state index contributed by atoms with van der Waals surface area (Å²) >= 11 is 5.98. The molecule has 0 unspecified atom stereocenters. The minimum Gasteiger partial charge on any atom is -0.356 e. The summed E-state index contributed by atoms with van der Waals surface area (Å²) in [4.78, 5) is 2.34. The van der Waals surface area contributed by atoms with Crippen LogP contribution in [0.2, 0.25) is 0 Å². The third kappa shape index (κ3) is 2.11. The summed E-state index contributed by atoms with van der Waals surface area (Å²) in [5.74, 6) is 0. The molecule has 1 heterocycles. The summed E-state index contributed by atoms with van der Waals surface area (Å²) in [5.41, 5.74) is 5.37. The van der Waals surface area contributed by atoms with Crippen molar-refractivity contribution >= 4 is 17.5 Å². The van der Waals surface area contributed by atoms with Crippen molar-refractivity contribution in [3.63, 3.8) is 0 Å². The van der Waals surface area contributed by atoms with E-state index in [0.717, 1.165) is 19.8 Å². The molecule has 0 spiro atoms. The van der Waals surface area contributed by atoms with Gasteiger partial charge in [0.15, 0.2) is 0 Å². The van der Waals surface area contributed by atoms with Crippen LogP contribution < -0.4 is 4.90 Å². The predicted molar refractivity (Wildman–Crippen MR) is 65.4 cm³/mol. The van der Waals surface area contributed by atoms with Crippen molar-refractivity contribution in [2.24, 2.45) is 0 Å². The van der Waals surface area contributed by atoms with Gasteiger partial charge in [-0.1, -0.05) is 17.7 Å². The molecule has 0 aromatic heterocycles. The number of nitrogens with zero attached hydrogens (tertiary/aromatic N) is 2. The van der Waals surface area contributed by atoms with Gasteiger partial charge in [0.1, 0.15) is 0 Å². The summed E-state index contributed by atoms with van der Waals surface area (Å²) in [6.45, 7) is 9.27. The van der Waals surface area contributed by atoms with Gasteiger partial charge in [0.25, 0.3) is 0 Å². The molecule has 0 saturated carbocycles. The lowest BCUT2D eigenvalue weighted by Gasteiger charge is -2.22. The highest BCUT2D eigenvalue weighted by molar-refractivity contribution is 6.13. The fourth-order valence-corrected chi connectivity index (χ4v) is 2.61. The number of benzene rings is 1. The average molecular weight is 225 g/mol. The van der Waals surface area contributed by atoms with Crippen molar-refractivity contribution in [2.75, 3.05) is 24.7 Å². The van der Waals surface area contributed by atoms with E-state index in [-0.39, 0.29) is 0 Å². The van der Waals surface area contributed by atoms with E-state index in [4.69, 9.17) is 11.8 Å². The lowest BCUT2D eigenvalue weighted by Crippen LogP contribution is -2.22. The van der Waals surface area contributed by atoms with Crippen molar-refractivity contribution in [1.29, 1.82) is 0 Å². The van der Waals surface area contributed by atoms with E-state index >= 15 is 0 Å². The highest BCUT2D eigenvalue weighted by Gasteiger charge is 2.21. The Morgan fingerprint density at radius 2 is 1.67 bits per heavy atom. The molecule has 0 N–H and O–H groups in total. The molecule has 3 heteroatoms. The second-order valence-electron chi connectivity index (χ2n) is 4.34. The van der Waals surface area contributed by atoms with Crippen molar-refractivity contribution in [3.05, 3.63) is 28.8 Å². The molecule has 2 rings (SSSR count). The van der Waals surface area contributed by atoms with Gasteiger partial charge in [-0.05, 0) is 43.7 Å². The minimum atomic E-state index is 0.826. The number of anilines is 1. The predicted octanol–water partition coefficient (Wildman–Crippen LogP) is 2.85. The molecule has 1 saturated heterocycles. The Labute approximate surface area is 96.5 Å². The largest absolute Gasteiger partial charge is 0.356 e. The Morgan fingerprint density at radius 3 is 2.13 bits per heavy atom. The number of halogens is 1. The van der Waals surface area contributed by atoms with E-state index < -0.39 is 0 Å². The Morgan fingerprint density at radius 1 is 1.07 bits per heavy atom. The molecule has 2 nitrogen and oxygen atoms in total. The van der Waals surface area contributed by atoms with Crippen LogP contribution in [0.15, 0.2) is 12.1 Å². The zero-order chi connectivity index (χ0) is 11.0. The van der Waals surface area contributed by atoms with Gasteiger partial charge in [0.2, 0.25) is 0 Å². The summed E-state index contributed by atoms with van der Waals surface area (Å²) in [6.07, 6.45) is 0. The Hall–Kier alpha value is -0.730. The van der Waals surface area contributed by atoms with Gasteiger partial charge < -0.3 is 4.90 Å². The van der Waals surface area contributed by atoms with E-state index in [1.54, 1.807) is 0 Å². The van der Waals surface area contributed by atoms with Gasteiger partial charge in [-0.25, -0.2) is 0 Å². The first-order valence-electron chi connectivity index (χ1n) is 5.31. The highest BCUT2D eigenvalue weighted by atomic mass is 35.5. The van der Waals surface area contributed by atoms with Crippen LogP contribution in [0, 0.1) is 20.8 Å². The molecule has 1 aliphatic rings. The summed E-state index contributed by atoms with van der Waals surface area (Å²) in [5, 5.41) is 0. The van der Waals surface area contributed by atoms with Crippen LogP contribution in [0.3, 0.4) is 0 Å². The fourth-order valence-electron chi connectivity index (χ4n) is 2.41. The van der Waals surface area contributed by atoms with Gasteiger partial charge in [-0.2, -0.15) is 4.42 Å². The molecule has 1 fully saturated rings. The number of hydrogen-bond acceptors (Lipinski definition) is 2. The molecule has 1 aliphatic heterocycles. The SMILES string of the molecule is Cc1cc(C)c(N2CCN(Cl)C2)c(C)c1. The molecular weight excluding hydrogens is 208 g/mol. The first-order valence-corrected chi connectivity index (χ1v) is 5.65. The van der Waals surface area contributed by atoms with Crippen LogP contribution in [0.25, 0.3) is 0 Å². The van der Waals surface area contributed by atoms with Crippen molar-refractivity contribution in [3.8, 4) is 0 Å². The number of aryl methyl sites for hydroxylation is 3. The third-order valence-electron chi connectivity index (χ3n) is 2.89. The lowest BCUT2D eigenvalue weighted by atomic mass is 10.0. The molecule has 1 aromatic carbocycles. The van der Waals surface area contributed by atoms with E-state index in [9.17, 15) is 0 Å². The summed E-state index contributed by atoms with van der Waals surface area (Å²) in [7, 11) is 0. The fraction of sp³-hybridized carbons (Fsp3) is 0.500. The smallest absolute Gasteiger partial charge is 0.0850 e. The zero-order valence-corrected chi connectivity index (χ0v) is 10.3.